The summed E-state index contributed by atoms with van der Waals surface area (Å²) in [6.07, 6.45) is 4.29. The smallest absolute Gasteiger partial charge is 0.229 e. The number of carbonyl (C=O) groups is 1. The van der Waals surface area contributed by atoms with Crippen LogP contribution in [-0.4, -0.2) is 27.0 Å². The van der Waals surface area contributed by atoms with E-state index in [9.17, 15) is 4.79 Å². The third-order valence-electron chi connectivity index (χ3n) is 2.39. The first-order valence-electron chi connectivity index (χ1n) is 5.05. The maximum Gasteiger partial charge on any atom is 0.229 e. The Morgan fingerprint density at radius 2 is 2.44 bits per heavy atom. The van der Waals surface area contributed by atoms with Gasteiger partial charge >= 0.3 is 0 Å². The van der Waals surface area contributed by atoms with Gasteiger partial charge in [-0.05, 0) is 6.92 Å². The number of aryl methyl sites for hydroxylation is 1. The summed E-state index contributed by atoms with van der Waals surface area (Å²) in [6.45, 7) is 2.23. The molecule has 0 aliphatic rings. The fourth-order valence-corrected chi connectivity index (χ4v) is 1.32. The van der Waals surface area contributed by atoms with E-state index in [0.29, 0.717) is 13.0 Å². The molecule has 0 fully saturated rings. The Balaban J connectivity index is 2.34. The lowest BCUT2D eigenvalue weighted by atomic mass is 10.1. The Hall–Kier alpha value is -1.43. The first-order valence-corrected chi connectivity index (χ1v) is 5.46. The van der Waals surface area contributed by atoms with Crippen LogP contribution in [0.2, 0.25) is 0 Å². The lowest BCUT2D eigenvalue weighted by Gasteiger charge is -2.10. The SMILES string of the molecule is CC(C(=O)NCCc1nccn1C)C(N)=S. The number of imidazole rings is 1. The molecule has 0 aliphatic carbocycles. The Morgan fingerprint density at radius 3 is 2.94 bits per heavy atom. The number of nitrogens with one attached hydrogen (secondary N) is 1. The molecule has 1 aromatic heterocycles. The predicted octanol–water partition coefficient (Wildman–Crippen LogP) is 0.001000. The van der Waals surface area contributed by atoms with Crippen molar-refractivity contribution in [3.8, 4) is 0 Å². The van der Waals surface area contributed by atoms with Crippen LogP contribution >= 0.6 is 12.2 Å². The van der Waals surface area contributed by atoms with Crippen molar-refractivity contribution in [3.63, 3.8) is 0 Å². The van der Waals surface area contributed by atoms with Gasteiger partial charge in [-0.3, -0.25) is 4.79 Å². The van der Waals surface area contributed by atoms with E-state index >= 15 is 0 Å². The number of hydrogen-bond donors (Lipinski definition) is 2. The van der Waals surface area contributed by atoms with Crippen molar-refractivity contribution in [2.75, 3.05) is 6.54 Å². The maximum atomic E-state index is 11.5. The van der Waals surface area contributed by atoms with E-state index in [-0.39, 0.29) is 10.9 Å². The summed E-state index contributed by atoms with van der Waals surface area (Å²) in [6, 6.07) is 0. The van der Waals surface area contributed by atoms with Crippen LogP contribution in [-0.2, 0) is 18.3 Å². The molecule has 0 bridgehead atoms. The molecule has 0 aromatic carbocycles. The zero-order valence-electron chi connectivity index (χ0n) is 9.43. The molecule has 0 saturated carbocycles. The number of nitrogens with zero attached hydrogens (tertiary/aromatic N) is 2. The van der Waals surface area contributed by atoms with Gasteiger partial charge in [-0.1, -0.05) is 12.2 Å². The number of amides is 1. The highest BCUT2D eigenvalue weighted by molar-refractivity contribution is 7.80. The van der Waals surface area contributed by atoms with E-state index in [4.69, 9.17) is 18.0 Å². The van der Waals surface area contributed by atoms with Crippen LogP contribution in [0.5, 0.6) is 0 Å². The fourth-order valence-electron chi connectivity index (χ4n) is 1.22. The predicted molar refractivity (Wildman–Crippen MR) is 65.9 cm³/mol. The van der Waals surface area contributed by atoms with Crippen LogP contribution in [0.1, 0.15) is 12.7 Å². The standard InChI is InChI=1S/C10H16N4OS/c1-7(9(11)16)10(15)13-4-3-8-12-5-6-14(8)2/h5-7H,3-4H2,1-2H3,(H2,11,16)(H,13,15). The molecule has 0 aliphatic heterocycles. The molecule has 1 rings (SSSR count). The number of aromatic nitrogens is 2. The molecule has 0 spiro atoms. The van der Waals surface area contributed by atoms with Crippen molar-refractivity contribution < 1.29 is 4.79 Å². The summed E-state index contributed by atoms with van der Waals surface area (Å²) in [5.41, 5.74) is 5.38. The minimum absolute atomic E-state index is 0.137. The highest BCUT2D eigenvalue weighted by Crippen LogP contribution is 1.97. The second-order valence-electron chi connectivity index (χ2n) is 3.62. The minimum atomic E-state index is -0.420. The average Bonchev–Trinajstić information content (AvgIpc) is 2.63. The Kier molecular flexibility index (Phi) is 4.42. The van der Waals surface area contributed by atoms with Crippen molar-refractivity contribution in [2.45, 2.75) is 13.3 Å². The van der Waals surface area contributed by atoms with Crippen LogP contribution in [0, 0.1) is 5.92 Å². The van der Waals surface area contributed by atoms with E-state index in [0.717, 1.165) is 5.82 Å². The van der Waals surface area contributed by atoms with Gasteiger partial charge in [0.05, 0.1) is 10.9 Å². The van der Waals surface area contributed by atoms with Crippen molar-refractivity contribution in [1.29, 1.82) is 0 Å². The van der Waals surface area contributed by atoms with Gasteiger partial charge in [0, 0.05) is 32.4 Å². The van der Waals surface area contributed by atoms with Gasteiger partial charge in [-0.2, -0.15) is 0 Å². The highest BCUT2D eigenvalue weighted by Gasteiger charge is 2.14. The highest BCUT2D eigenvalue weighted by atomic mass is 32.1. The second kappa shape index (κ2) is 5.60. The molecule has 0 radical (unpaired) electrons. The van der Waals surface area contributed by atoms with Crippen LogP contribution in [0.4, 0.5) is 0 Å². The topological polar surface area (TPSA) is 72.9 Å². The van der Waals surface area contributed by atoms with Gasteiger partial charge in [0.1, 0.15) is 5.82 Å². The monoisotopic (exact) mass is 240 g/mol. The van der Waals surface area contributed by atoms with E-state index in [1.165, 1.54) is 0 Å². The van der Waals surface area contributed by atoms with Crippen LogP contribution in [0.15, 0.2) is 12.4 Å². The summed E-state index contributed by atoms with van der Waals surface area (Å²) in [5, 5.41) is 2.77. The molecule has 5 nitrogen and oxygen atoms in total. The van der Waals surface area contributed by atoms with E-state index in [1.54, 1.807) is 13.1 Å². The first kappa shape index (κ1) is 12.6. The summed E-state index contributed by atoms with van der Waals surface area (Å²) in [4.78, 5) is 15.9. The number of rotatable bonds is 5. The molecule has 1 atom stereocenters. The van der Waals surface area contributed by atoms with Gasteiger partial charge in [-0.25, -0.2) is 4.98 Å². The molecule has 1 aromatic rings. The molecular weight excluding hydrogens is 224 g/mol. The molecular formula is C10H16N4OS. The quantitative estimate of drug-likeness (QED) is 0.711. The molecule has 1 heterocycles. The van der Waals surface area contributed by atoms with Gasteiger partial charge < -0.3 is 15.6 Å². The Labute approximate surface area is 100 Å². The summed E-state index contributed by atoms with van der Waals surface area (Å²) in [7, 11) is 1.92. The van der Waals surface area contributed by atoms with Gasteiger partial charge in [0.15, 0.2) is 0 Å². The van der Waals surface area contributed by atoms with Crippen LogP contribution in [0.25, 0.3) is 0 Å². The van der Waals surface area contributed by atoms with E-state index in [2.05, 4.69) is 10.3 Å². The van der Waals surface area contributed by atoms with E-state index in [1.807, 2.05) is 17.8 Å². The molecule has 3 N–H and O–H groups in total. The molecule has 88 valence electrons. The maximum absolute atomic E-state index is 11.5. The molecule has 16 heavy (non-hydrogen) atoms. The van der Waals surface area contributed by atoms with Crippen molar-refractivity contribution in [1.82, 2.24) is 14.9 Å². The van der Waals surface area contributed by atoms with Crippen LogP contribution in [0.3, 0.4) is 0 Å². The van der Waals surface area contributed by atoms with Crippen molar-refractivity contribution in [2.24, 2.45) is 18.7 Å². The Bertz CT molecular complexity index is 388. The molecule has 0 saturated heterocycles. The normalized spacial score (nSPS) is 12.1. The lowest BCUT2D eigenvalue weighted by Crippen LogP contribution is -2.37. The second-order valence-corrected chi connectivity index (χ2v) is 4.09. The lowest BCUT2D eigenvalue weighted by molar-refractivity contribution is -0.122. The molecule has 1 unspecified atom stereocenters. The number of hydrogen-bond acceptors (Lipinski definition) is 3. The van der Waals surface area contributed by atoms with Gasteiger partial charge in [0.25, 0.3) is 0 Å². The summed E-state index contributed by atoms with van der Waals surface area (Å²) < 4.78 is 1.92. The number of thiocarbonyl (C=S) groups is 1. The molecule has 1 amide bonds. The minimum Gasteiger partial charge on any atom is -0.393 e. The van der Waals surface area contributed by atoms with Gasteiger partial charge in [-0.15, -0.1) is 0 Å². The first-order chi connectivity index (χ1) is 7.52. The number of carbonyl (C=O) groups excluding carboxylic acids is 1. The van der Waals surface area contributed by atoms with Crippen molar-refractivity contribution >= 4 is 23.1 Å². The summed E-state index contributed by atoms with van der Waals surface area (Å²) >= 11 is 4.75. The average molecular weight is 240 g/mol. The van der Waals surface area contributed by atoms with Crippen molar-refractivity contribution in [3.05, 3.63) is 18.2 Å². The zero-order chi connectivity index (χ0) is 12.1. The fraction of sp³-hybridized carbons (Fsp3) is 0.500. The van der Waals surface area contributed by atoms with E-state index < -0.39 is 5.92 Å². The summed E-state index contributed by atoms with van der Waals surface area (Å²) in [5.74, 6) is 0.376. The van der Waals surface area contributed by atoms with Crippen LogP contribution < -0.4 is 11.1 Å². The Morgan fingerprint density at radius 1 is 1.75 bits per heavy atom. The number of nitrogens with two attached hydrogens (primary N) is 1. The largest absolute Gasteiger partial charge is 0.393 e. The molecule has 6 heteroatoms. The third kappa shape index (κ3) is 3.30. The zero-order valence-corrected chi connectivity index (χ0v) is 10.3. The third-order valence-corrected chi connectivity index (χ3v) is 2.74. The van der Waals surface area contributed by atoms with Gasteiger partial charge in [0.2, 0.25) is 5.91 Å².